The first kappa shape index (κ1) is 22.4. The lowest BCUT2D eigenvalue weighted by Crippen LogP contribution is -2.18. The topological polar surface area (TPSA) is 90.6 Å². The van der Waals surface area contributed by atoms with Crippen LogP contribution in [0.5, 0.6) is 0 Å². The molecular formula is C26H23F2N7O. The lowest BCUT2D eigenvalue weighted by Gasteiger charge is -2.23. The van der Waals surface area contributed by atoms with Crippen molar-refractivity contribution in [3.05, 3.63) is 72.4 Å². The first-order valence-electron chi connectivity index (χ1n) is 11.9. The number of para-hydroxylation sites is 2. The number of nitrogens with one attached hydrogen (secondary N) is 1. The molecule has 1 saturated heterocycles. The summed E-state index contributed by atoms with van der Waals surface area (Å²) in [5.41, 5.74) is 3.80. The van der Waals surface area contributed by atoms with Crippen LogP contribution in [0, 0.1) is 11.6 Å². The number of fused-ring (bicyclic) bond motifs is 2. The summed E-state index contributed by atoms with van der Waals surface area (Å²) in [7, 11) is 0. The third-order valence-electron chi connectivity index (χ3n) is 6.32. The van der Waals surface area contributed by atoms with Crippen molar-refractivity contribution in [2.75, 3.05) is 11.9 Å². The normalized spacial score (nSPS) is 16.9. The number of benzene rings is 2. The molecular weight excluding hydrogens is 464 g/mol. The summed E-state index contributed by atoms with van der Waals surface area (Å²) in [4.78, 5) is 22.9. The van der Waals surface area contributed by atoms with Crippen LogP contribution in [0.1, 0.15) is 44.1 Å². The van der Waals surface area contributed by atoms with Crippen LogP contribution >= 0.6 is 0 Å². The van der Waals surface area contributed by atoms with Crippen molar-refractivity contribution in [3.8, 4) is 11.3 Å². The average Bonchev–Trinajstić information content (AvgIpc) is 3.33. The number of imidazole rings is 1. The molecule has 8 nitrogen and oxygen atoms in total. The van der Waals surface area contributed by atoms with Crippen molar-refractivity contribution in [3.63, 3.8) is 0 Å². The molecule has 0 spiro atoms. The number of hydrogen-bond acceptors (Lipinski definition) is 7. The highest BCUT2D eigenvalue weighted by atomic mass is 19.1. The van der Waals surface area contributed by atoms with Gasteiger partial charge in [-0.05, 0) is 50.5 Å². The highest BCUT2D eigenvalue weighted by Crippen LogP contribution is 2.32. The van der Waals surface area contributed by atoms with E-state index >= 15 is 0 Å². The van der Waals surface area contributed by atoms with Crippen LogP contribution in [0.25, 0.3) is 33.5 Å². The monoisotopic (exact) mass is 487 g/mol. The van der Waals surface area contributed by atoms with Crippen LogP contribution in [0.4, 0.5) is 14.6 Å². The lowest BCUT2D eigenvalue weighted by molar-refractivity contribution is -0.0298. The zero-order valence-corrected chi connectivity index (χ0v) is 19.5. The number of hydrogen-bond donors (Lipinski definition) is 1. The molecule has 36 heavy (non-hydrogen) atoms. The van der Waals surface area contributed by atoms with E-state index in [0.717, 1.165) is 25.3 Å². The van der Waals surface area contributed by atoms with Crippen LogP contribution in [0.2, 0.25) is 0 Å². The van der Waals surface area contributed by atoms with Crippen LogP contribution in [-0.4, -0.2) is 36.1 Å². The SMILES string of the molecule is CC(Nc1ncnc2c1ncn2C1CCCCO1)c1nc2ccccc2nc1-c1cc(F)cc(F)c1. The largest absolute Gasteiger partial charge is 0.360 e. The molecule has 1 aliphatic heterocycles. The Morgan fingerprint density at radius 1 is 1.00 bits per heavy atom. The van der Waals surface area contributed by atoms with Crippen molar-refractivity contribution in [2.45, 2.75) is 38.5 Å². The van der Waals surface area contributed by atoms with Crippen molar-refractivity contribution >= 4 is 28.0 Å². The van der Waals surface area contributed by atoms with E-state index in [1.807, 2.05) is 35.8 Å². The maximum absolute atomic E-state index is 14.1. The Hall–Kier alpha value is -4.05. The highest BCUT2D eigenvalue weighted by Gasteiger charge is 2.23. The molecule has 0 radical (unpaired) electrons. The smallest absolute Gasteiger partial charge is 0.167 e. The van der Waals surface area contributed by atoms with Gasteiger partial charge in [0.05, 0.1) is 34.8 Å². The predicted molar refractivity (Wildman–Crippen MR) is 131 cm³/mol. The summed E-state index contributed by atoms with van der Waals surface area (Å²) >= 11 is 0. The van der Waals surface area contributed by atoms with E-state index in [-0.39, 0.29) is 6.23 Å². The Kier molecular flexibility index (Phi) is 5.73. The van der Waals surface area contributed by atoms with Gasteiger partial charge in [-0.1, -0.05) is 12.1 Å². The fourth-order valence-electron chi connectivity index (χ4n) is 4.60. The van der Waals surface area contributed by atoms with Gasteiger partial charge >= 0.3 is 0 Å². The van der Waals surface area contributed by atoms with Gasteiger partial charge in [0, 0.05) is 18.2 Å². The maximum Gasteiger partial charge on any atom is 0.167 e. The van der Waals surface area contributed by atoms with Crippen LogP contribution in [0.15, 0.2) is 55.1 Å². The standard InChI is InChI=1S/C26H23F2N7O/c1-15(32-25-24-26(30-13-29-25)35(14-31-24)21-8-4-5-9-36-21)22-23(16-10-17(27)12-18(28)11-16)34-20-7-3-2-6-19(20)33-22/h2-3,6-7,10-15,21H,4-5,8-9H2,1H3,(H,29,30,32). The summed E-state index contributed by atoms with van der Waals surface area (Å²) < 4.78 is 36.0. The van der Waals surface area contributed by atoms with Gasteiger partial charge in [-0.2, -0.15) is 0 Å². The minimum absolute atomic E-state index is 0.107. The molecule has 0 aliphatic carbocycles. The zero-order valence-electron chi connectivity index (χ0n) is 19.5. The summed E-state index contributed by atoms with van der Waals surface area (Å²) in [6.45, 7) is 2.61. The van der Waals surface area contributed by atoms with Gasteiger partial charge in [-0.25, -0.2) is 33.7 Å². The first-order chi connectivity index (χ1) is 17.6. The van der Waals surface area contributed by atoms with Crippen molar-refractivity contribution < 1.29 is 13.5 Å². The molecule has 1 N–H and O–H groups in total. The summed E-state index contributed by atoms with van der Waals surface area (Å²) in [6, 6.07) is 10.3. The molecule has 0 saturated carbocycles. The minimum atomic E-state index is -0.681. The van der Waals surface area contributed by atoms with E-state index in [0.29, 0.717) is 51.6 Å². The Morgan fingerprint density at radius 2 is 1.78 bits per heavy atom. The molecule has 182 valence electrons. The number of ether oxygens (including phenoxy) is 1. The second-order valence-electron chi connectivity index (χ2n) is 8.84. The molecule has 10 heteroatoms. The number of halogens is 2. The Balaban J connectivity index is 1.41. The van der Waals surface area contributed by atoms with E-state index < -0.39 is 17.7 Å². The molecule has 1 aliphatic rings. The Morgan fingerprint density at radius 3 is 2.53 bits per heavy atom. The van der Waals surface area contributed by atoms with E-state index in [4.69, 9.17) is 14.7 Å². The zero-order chi connectivity index (χ0) is 24.6. The number of anilines is 1. The highest BCUT2D eigenvalue weighted by molar-refractivity contribution is 5.83. The van der Waals surface area contributed by atoms with Crippen molar-refractivity contribution in [1.29, 1.82) is 0 Å². The van der Waals surface area contributed by atoms with E-state index in [1.165, 1.54) is 18.5 Å². The van der Waals surface area contributed by atoms with Gasteiger partial charge in [-0.15, -0.1) is 0 Å². The van der Waals surface area contributed by atoms with Crippen LogP contribution in [-0.2, 0) is 4.74 Å². The molecule has 5 aromatic rings. The third-order valence-corrected chi connectivity index (χ3v) is 6.32. The summed E-state index contributed by atoms with van der Waals surface area (Å²) in [5.74, 6) is -0.840. The second kappa shape index (κ2) is 9.19. The van der Waals surface area contributed by atoms with Gasteiger partial charge in [0.25, 0.3) is 0 Å². The first-order valence-corrected chi connectivity index (χ1v) is 11.9. The summed E-state index contributed by atoms with van der Waals surface area (Å²) in [5, 5.41) is 3.36. The quantitative estimate of drug-likeness (QED) is 0.346. The molecule has 1 fully saturated rings. The molecule has 2 unspecified atom stereocenters. The summed E-state index contributed by atoms with van der Waals surface area (Å²) in [6.07, 6.45) is 6.13. The van der Waals surface area contributed by atoms with Gasteiger partial charge < -0.3 is 10.1 Å². The predicted octanol–water partition coefficient (Wildman–Crippen LogP) is 5.59. The van der Waals surface area contributed by atoms with Gasteiger partial charge in [0.2, 0.25) is 0 Å². The lowest BCUT2D eigenvalue weighted by atomic mass is 10.0. The van der Waals surface area contributed by atoms with Crippen molar-refractivity contribution in [1.82, 2.24) is 29.5 Å². The van der Waals surface area contributed by atoms with E-state index in [2.05, 4.69) is 20.3 Å². The number of rotatable bonds is 5. The fraction of sp³-hybridized carbons (Fsp3) is 0.269. The molecule has 0 bridgehead atoms. The van der Waals surface area contributed by atoms with Crippen LogP contribution in [0.3, 0.4) is 0 Å². The Bertz CT molecular complexity index is 1550. The number of aromatic nitrogens is 6. The van der Waals surface area contributed by atoms with Gasteiger partial charge in [0.1, 0.15) is 24.2 Å². The average molecular weight is 488 g/mol. The molecule has 2 atom stereocenters. The minimum Gasteiger partial charge on any atom is -0.360 e. The fourth-order valence-corrected chi connectivity index (χ4v) is 4.60. The molecule has 3 aromatic heterocycles. The van der Waals surface area contributed by atoms with Gasteiger partial charge in [0.15, 0.2) is 17.0 Å². The van der Waals surface area contributed by atoms with Crippen LogP contribution < -0.4 is 5.32 Å². The maximum atomic E-state index is 14.1. The Labute approximate surface area is 205 Å². The van der Waals surface area contributed by atoms with E-state index in [9.17, 15) is 8.78 Å². The molecule has 2 aromatic carbocycles. The van der Waals surface area contributed by atoms with E-state index in [1.54, 1.807) is 6.33 Å². The van der Waals surface area contributed by atoms with Gasteiger partial charge in [-0.3, -0.25) is 4.57 Å². The molecule has 0 amide bonds. The number of nitrogens with zero attached hydrogens (tertiary/aromatic N) is 6. The molecule has 4 heterocycles. The van der Waals surface area contributed by atoms with Crippen molar-refractivity contribution in [2.24, 2.45) is 0 Å². The third kappa shape index (κ3) is 4.13. The second-order valence-corrected chi connectivity index (χ2v) is 8.84. The molecule has 6 rings (SSSR count).